The summed E-state index contributed by atoms with van der Waals surface area (Å²) in [6, 6.07) is 8.36. The number of hydrogen-bond donors (Lipinski definition) is 1. The lowest BCUT2D eigenvalue weighted by atomic mass is 9.59. The lowest BCUT2D eigenvalue weighted by Crippen LogP contribution is -2.57. The van der Waals surface area contributed by atoms with E-state index in [4.69, 9.17) is 21.1 Å². The average Bonchev–Trinajstić information content (AvgIpc) is 2.67. The summed E-state index contributed by atoms with van der Waals surface area (Å²) in [4.78, 5) is 0. The van der Waals surface area contributed by atoms with Gasteiger partial charge in [-0.05, 0) is 82.9 Å². The molecule has 170 valence electrons. The van der Waals surface area contributed by atoms with Gasteiger partial charge in [0.2, 0.25) is 0 Å². The summed E-state index contributed by atoms with van der Waals surface area (Å²) in [5.74, 6) is 0.342. The summed E-state index contributed by atoms with van der Waals surface area (Å²) in [5.41, 5.74) is 1.30. The molecular formula is C24H38ClNO3S. The average molecular weight is 456 g/mol. The number of nitrogens with one attached hydrogen (secondary N) is 1. The Morgan fingerprint density at radius 3 is 2.47 bits per heavy atom. The van der Waals surface area contributed by atoms with Gasteiger partial charge in [0.25, 0.3) is 0 Å². The van der Waals surface area contributed by atoms with Gasteiger partial charge in [-0.3, -0.25) is 0 Å². The van der Waals surface area contributed by atoms with Crippen LogP contribution < -0.4 is 4.72 Å². The van der Waals surface area contributed by atoms with E-state index in [1.165, 1.54) is 18.4 Å². The topological polar surface area (TPSA) is 53.5 Å². The van der Waals surface area contributed by atoms with Crippen molar-refractivity contribution in [3.05, 3.63) is 34.9 Å². The van der Waals surface area contributed by atoms with Gasteiger partial charge in [-0.1, -0.05) is 37.1 Å². The summed E-state index contributed by atoms with van der Waals surface area (Å²) in [5, 5.41) is 0.755. The smallest absolute Gasteiger partial charge is 0.157 e. The second-order valence-electron chi connectivity index (χ2n) is 10.0. The van der Waals surface area contributed by atoms with Crippen molar-refractivity contribution in [1.82, 2.24) is 4.72 Å². The molecule has 2 unspecified atom stereocenters. The van der Waals surface area contributed by atoms with E-state index in [0.29, 0.717) is 12.5 Å². The molecule has 4 atom stereocenters. The molecule has 0 bridgehead atoms. The van der Waals surface area contributed by atoms with E-state index >= 15 is 0 Å². The highest BCUT2D eigenvalue weighted by Crippen LogP contribution is 2.48. The van der Waals surface area contributed by atoms with Gasteiger partial charge in [-0.25, -0.2) is 0 Å². The number of ether oxygens (including phenoxy) is 2. The van der Waals surface area contributed by atoms with Gasteiger partial charge < -0.3 is 14.0 Å². The Morgan fingerprint density at radius 2 is 1.93 bits per heavy atom. The van der Waals surface area contributed by atoms with Crippen LogP contribution in [0.5, 0.6) is 0 Å². The molecule has 0 radical (unpaired) electrons. The van der Waals surface area contributed by atoms with Crippen molar-refractivity contribution < 1.29 is 14.0 Å². The van der Waals surface area contributed by atoms with Gasteiger partial charge in [0, 0.05) is 28.4 Å². The summed E-state index contributed by atoms with van der Waals surface area (Å²) in [6.45, 7) is 9.77. The number of benzene rings is 1. The van der Waals surface area contributed by atoms with Crippen molar-refractivity contribution in [2.75, 3.05) is 13.2 Å². The van der Waals surface area contributed by atoms with Crippen LogP contribution in [-0.4, -0.2) is 34.8 Å². The minimum atomic E-state index is -1.13. The van der Waals surface area contributed by atoms with Crippen LogP contribution in [0, 0.1) is 5.92 Å². The summed E-state index contributed by atoms with van der Waals surface area (Å²) in [7, 11) is 0. The van der Waals surface area contributed by atoms with Crippen LogP contribution in [-0.2, 0) is 26.3 Å². The molecule has 2 fully saturated rings. The van der Waals surface area contributed by atoms with E-state index < -0.39 is 11.4 Å². The monoisotopic (exact) mass is 455 g/mol. The van der Waals surface area contributed by atoms with Crippen molar-refractivity contribution in [3.63, 3.8) is 0 Å². The Bertz CT molecular complexity index is 653. The molecule has 0 spiro atoms. The highest BCUT2D eigenvalue weighted by atomic mass is 35.5. The van der Waals surface area contributed by atoms with Crippen LogP contribution in [0.25, 0.3) is 0 Å². The van der Waals surface area contributed by atoms with Crippen molar-refractivity contribution >= 4 is 23.0 Å². The Balaban J connectivity index is 1.73. The van der Waals surface area contributed by atoms with Crippen molar-refractivity contribution in [1.29, 1.82) is 0 Å². The molecular weight excluding hydrogens is 418 g/mol. The third-order valence-corrected chi connectivity index (χ3v) is 8.34. The first-order chi connectivity index (χ1) is 14.2. The Kier molecular flexibility index (Phi) is 8.56. The maximum atomic E-state index is 13.1. The molecule has 1 heterocycles. The quantitative estimate of drug-likeness (QED) is 0.481. The van der Waals surface area contributed by atoms with E-state index in [1.807, 2.05) is 32.9 Å². The van der Waals surface area contributed by atoms with E-state index in [1.54, 1.807) is 0 Å². The molecule has 1 aromatic rings. The van der Waals surface area contributed by atoms with E-state index in [0.717, 1.165) is 43.7 Å². The predicted molar refractivity (Wildman–Crippen MR) is 125 cm³/mol. The van der Waals surface area contributed by atoms with Crippen LogP contribution in [0.15, 0.2) is 24.3 Å². The molecule has 6 heteroatoms. The first kappa shape index (κ1) is 24.3. The fourth-order valence-electron chi connectivity index (χ4n) is 4.45. The molecule has 1 N–H and O–H groups in total. The van der Waals surface area contributed by atoms with Gasteiger partial charge in [-0.2, -0.15) is 0 Å². The molecule has 2 aliphatic rings. The zero-order valence-electron chi connectivity index (χ0n) is 18.9. The highest BCUT2D eigenvalue weighted by Gasteiger charge is 2.48. The third-order valence-electron chi connectivity index (χ3n) is 6.48. The molecule has 3 rings (SSSR count). The molecule has 30 heavy (non-hydrogen) atoms. The SMILES string of the molecule is C[C@@H](COC1CCCCO1)C[C@@H](N[S+]([O-])C(C)(C)C)C1(c2ccc(Cl)cc2)CCC1. The minimum absolute atomic E-state index is 0.00109. The molecule has 4 nitrogen and oxygen atoms in total. The van der Waals surface area contributed by atoms with Crippen molar-refractivity contribution in [3.8, 4) is 0 Å². The van der Waals surface area contributed by atoms with Crippen molar-refractivity contribution in [2.45, 2.75) is 95.1 Å². The van der Waals surface area contributed by atoms with Crippen LogP contribution in [0.3, 0.4) is 0 Å². The number of rotatable bonds is 9. The fourth-order valence-corrected chi connectivity index (χ4v) is 5.51. The summed E-state index contributed by atoms with van der Waals surface area (Å²) in [6.07, 6.45) is 7.54. The Hall–Kier alpha value is -0.300. The maximum Gasteiger partial charge on any atom is 0.157 e. The van der Waals surface area contributed by atoms with Gasteiger partial charge in [0.15, 0.2) is 6.29 Å². The van der Waals surface area contributed by atoms with E-state index in [-0.39, 0.29) is 22.5 Å². The van der Waals surface area contributed by atoms with Crippen LogP contribution in [0.2, 0.25) is 5.02 Å². The standard InChI is InChI=1S/C24H38ClNO3S/c1-18(17-29-22-8-5-6-15-28-22)16-21(26-30(27)23(2,3)4)24(13-7-14-24)19-9-11-20(25)12-10-19/h9-12,18,21-22,26H,5-8,13-17H2,1-4H3/t18-,21-,22?,30?/m1/s1. The zero-order valence-corrected chi connectivity index (χ0v) is 20.5. The number of hydrogen-bond acceptors (Lipinski definition) is 4. The summed E-state index contributed by atoms with van der Waals surface area (Å²) < 4.78 is 28.1. The highest BCUT2D eigenvalue weighted by molar-refractivity contribution is 7.90. The first-order valence-corrected chi connectivity index (χ1v) is 12.9. The molecule has 0 amide bonds. The normalized spacial score (nSPS) is 24.7. The van der Waals surface area contributed by atoms with Crippen LogP contribution in [0.1, 0.15) is 78.2 Å². The van der Waals surface area contributed by atoms with Crippen LogP contribution >= 0.6 is 11.6 Å². The second-order valence-corrected chi connectivity index (χ2v) is 12.5. The predicted octanol–water partition coefficient (Wildman–Crippen LogP) is 5.75. The van der Waals surface area contributed by atoms with Gasteiger partial charge in [0.05, 0.1) is 12.6 Å². The van der Waals surface area contributed by atoms with Gasteiger partial charge in [-0.15, -0.1) is 4.72 Å². The Morgan fingerprint density at radius 1 is 1.23 bits per heavy atom. The molecule has 1 saturated heterocycles. The zero-order chi connectivity index (χ0) is 21.8. The third kappa shape index (κ3) is 6.14. The lowest BCUT2D eigenvalue weighted by Gasteiger charge is -2.49. The van der Waals surface area contributed by atoms with Crippen molar-refractivity contribution in [2.24, 2.45) is 5.92 Å². The molecule has 1 aliphatic heterocycles. The van der Waals surface area contributed by atoms with Gasteiger partial charge in [0.1, 0.15) is 4.75 Å². The Labute approximate surface area is 190 Å². The van der Waals surface area contributed by atoms with Crippen LogP contribution in [0.4, 0.5) is 0 Å². The number of halogens is 1. The molecule has 1 aromatic carbocycles. The molecule has 1 saturated carbocycles. The fraction of sp³-hybridized carbons (Fsp3) is 0.750. The second kappa shape index (κ2) is 10.5. The lowest BCUT2D eigenvalue weighted by molar-refractivity contribution is -0.168. The van der Waals surface area contributed by atoms with E-state index in [9.17, 15) is 4.55 Å². The van der Waals surface area contributed by atoms with Gasteiger partial charge >= 0.3 is 0 Å². The molecule has 1 aliphatic carbocycles. The first-order valence-electron chi connectivity index (χ1n) is 11.4. The summed E-state index contributed by atoms with van der Waals surface area (Å²) >= 11 is 5.03. The maximum absolute atomic E-state index is 13.1. The molecule has 0 aromatic heterocycles. The largest absolute Gasteiger partial charge is 0.598 e. The van der Waals surface area contributed by atoms with E-state index in [2.05, 4.69) is 23.8 Å². The minimum Gasteiger partial charge on any atom is -0.598 e.